The Bertz CT molecular complexity index is 1840. The Balaban J connectivity index is 1.04. The van der Waals surface area contributed by atoms with Gasteiger partial charge in [0.05, 0.1) is 4.91 Å². The van der Waals surface area contributed by atoms with E-state index < -0.39 is 0 Å². The number of imide groups is 1. The van der Waals surface area contributed by atoms with Gasteiger partial charge < -0.3 is 14.2 Å². The maximum atomic E-state index is 11.9. The zero-order chi connectivity index (χ0) is 32.4. The van der Waals surface area contributed by atoms with Crippen LogP contribution in [0.2, 0.25) is 0 Å². The van der Waals surface area contributed by atoms with Gasteiger partial charge >= 0.3 is 0 Å². The maximum Gasteiger partial charge on any atom is 0.290 e. The number of benzene rings is 4. The van der Waals surface area contributed by atoms with Crippen LogP contribution in [0.5, 0.6) is 17.2 Å². The molecule has 2 amide bonds. The van der Waals surface area contributed by atoms with Gasteiger partial charge in [-0.2, -0.15) is 0 Å². The summed E-state index contributed by atoms with van der Waals surface area (Å²) >= 11 is 0.923. The van der Waals surface area contributed by atoms with Gasteiger partial charge in [-0.3, -0.25) is 19.8 Å². The van der Waals surface area contributed by atoms with Crippen molar-refractivity contribution >= 4 is 39.8 Å². The minimum Gasteiger partial charge on any atom is -0.492 e. The molecule has 6 rings (SSSR count). The van der Waals surface area contributed by atoms with Crippen LogP contribution in [-0.2, 0) is 17.8 Å². The number of carbonyl (C=O) groups is 2. The number of rotatable bonds is 10. The monoisotopic (exact) mass is 636 g/mol. The fraction of sp³-hybridized carbons (Fsp3) is 0.316. The van der Waals surface area contributed by atoms with Gasteiger partial charge in [0.1, 0.15) is 36.1 Å². The first-order chi connectivity index (χ1) is 22.1. The van der Waals surface area contributed by atoms with Crippen molar-refractivity contribution in [2.75, 3.05) is 26.7 Å². The number of fused-ring (bicyclic) bond motifs is 2. The Morgan fingerprint density at radius 1 is 0.957 bits per heavy atom. The smallest absolute Gasteiger partial charge is 0.290 e. The lowest BCUT2D eigenvalue weighted by Crippen LogP contribution is -2.47. The van der Waals surface area contributed by atoms with Crippen LogP contribution >= 0.6 is 11.8 Å². The normalized spacial score (nSPS) is 18.5. The van der Waals surface area contributed by atoms with Gasteiger partial charge in [-0.1, -0.05) is 48.5 Å². The lowest BCUT2D eigenvalue weighted by molar-refractivity contribution is -0.115. The molecular formula is C38H40N2O5S. The molecule has 0 spiro atoms. The first-order valence-electron chi connectivity index (χ1n) is 15.7. The van der Waals surface area contributed by atoms with Crippen LogP contribution in [0.1, 0.15) is 46.7 Å². The Labute approximate surface area is 274 Å². The number of nitrogens with zero attached hydrogens (tertiary/aromatic N) is 1. The summed E-state index contributed by atoms with van der Waals surface area (Å²) in [4.78, 5) is 26.0. The first-order valence-corrected chi connectivity index (χ1v) is 16.5. The molecule has 1 unspecified atom stereocenters. The van der Waals surface area contributed by atoms with Crippen molar-refractivity contribution in [2.45, 2.75) is 52.7 Å². The average Bonchev–Trinajstić information content (AvgIpc) is 3.35. The summed E-state index contributed by atoms with van der Waals surface area (Å²) in [5, 5.41) is 4.03. The van der Waals surface area contributed by atoms with E-state index in [1.54, 1.807) is 6.08 Å². The average molecular weight is 637 g/mol. The number of thioether (sulfide) groups is 1. The fourth-order valence-corrected chi connectivity index (χ4v) is 6.98. The van der Waals surface area contributed by atoms with Gasteiger partial charge in [0, 0.05) is 18.7 Å². The van der Waals surface area contributed by atoms with Gasteiger partial charge in [0.25, 0.3) is 11.1 Å². The summed E-state index contributed by atoms with van der Waals surface area (Å²) in [6.07, 6.45) is 3.61. The SMILES string of the molecule is Cc1c(C)c2c(c(C)c1OCc1ccccc1)CCC(C)(CN(C)CCOc1ccc3cc(C=C4SC(=O)NC4=O)ccc3c1)O2. The van der Waals surface area contributed by atoms with Crippen LogP contribution in [0.25, 0.3) is 16.8 Å². The molecule has 2 aliphatic rings. The lowest BCUT2D eigenvalue weighted by Gasteiger charge is -2.40. The molecular weight excluding hydrogens is 596 g/mol. The van der Waals surface area contributed by atoms with Gasteiger partial charge in [-0.05, 0) is 122 Å². The highest BCUT2D eigenvalue weighted by molar-refractivity contribution is 8.18. The Hall–Kier alpha value is -4.27. The quantitative estimate of drug-likeness (QED) is 0.178. The van der Waals surface area contributed by atoms with E-state index in [9.17, 15) is 9.59 Å². The number of hydrogen-bond donors (Lipinski definition) is 1. The number of carbonyl (C=O) groups excluding carboxylic acids is 2. The third-order valence-electron chi connectivity index (χ3n) is 8.91. The van der Waals surface area contributed by atoms with Crippen molar-refractivity contribution in [3.05, 3.63) is 105 Å². The molecule has 4 aromatic carbocycles. The molecule has 2 aliphatic heterocycles. The predicted molar refractivity (Wildman–Crippen MR) is 185 cm³/mol. The van der Waals surface area contributed by atoms with Gasteiger partial charge in [0.2, 0.25) is 0 Å². The van der Waals surface area contributed by atoms with Crippen LogP contribution in [0, 0.1) is 20.8 Å². The second-order valence-electron chi connectivity index (χ2n) is 12.5. The van der Waals surface area contributed by atoms with Crippen molar-refractivity contribution in [3.63, 3.8) is 0 Å². The van der Waals surface area contributed by atoms with Crippen molar-refractivity contribution in [2.24, 2.45) is 0 Å². The summed E-state index contributed by atoms with van der Waals surface area (Å²) in [7, 11) is 2.12. The molecule has 1 atom stereocenters. The van der Waals surface area contributed by atoms with E-state index in [4.69, 9.17) is 14.2 Å². The number of hydrogen-bond acceptors (Lipinski definition) is 7. The molecule has 0 aromatic heterocycles. The largest absolute Gasteiger partial charge is 0.492 e. The molecule has 238 valence electrons. The maximum absolute atomic E-state index is 11.9. The minimum atomic E-state index is -0.350. The molecule has 0 saturated carbocycles. The van der Waals surface area contributed by atoms with E-state index in [-0.39, 0.29) is 16.7 Å². The molecule has 46 heavy (non-hydrogen) atoms. The van der Waals surface area contributed by atoms with Crippen LogP contribution in [-0.4, -0.2) is 48.4 Å². The van der Waals surface area contributed by atoms with Crippen LogP contribution in [0.4, 0.5) is 4.79 Å². The Morgan fingerprint density at radius 2 is 1.72 bits per heavy atom. The number of likely N-dealkylation sites (N-methyl/N-ethyl adjacent to an activating group) is 1. The van der Waals surface area contributed by atoms with E-state index in [0.717, 1.165) is 88.0 Å². The number of nitrogens with one attached hydrogen (secondary N) is 1. The highest BCUT2D eigenvalue weighted by atomic mass is 32.2. The third kappa shape index (κ3) is 6.93. The second-order valence-corrected chi connectivity index (χ2v) is 13.6. The summed E-state index contributed by atoms with van der Waals surface area (Å²) in [6, 6.07) is 22.2. The standard InChI is InChI=1S/C38H40N2O5S/c1-24-25(2)35-32(26(3)34(24)44-22-27-9-7-6-8-10-27)15-16-38(4,45-35)23-40(5)17-18-43-31-14-13-29-19-28(11-12-30(29)21-31)20-33-36(41)39-37(42)46-33/h6-14,19-21H,15-18,22-23H2,1-5H3,(H,39,41,42). The van der Waals surface area contributed by atoms with Gasteiger partial charge in [0.15, 0.2) is 0 Å². The molecule has 4 aromatic rings. The summed E-state index contributed by atoms with van der Waals surface area (Å²) in [5.41, 5.74) is 6.45. The molecule has 1 fully saturated rings. The van der Waals surface area contributed by atoms with E-state index in [1.807, 2.05) is 54.6 Å². The summed E-state index contributed by atoms with van der Waals surface area (Å²) in [5.74, 6) is 2.44. The van der Waals surface area contributed by atoms with Crippen molar-refractivity contribution in [3.8, 4) is 17.2 Å². The molecule has 0 bridgehead atoms. The van der Waals surface area contributed by atoms with E-state index in [1.165, 1.54) is 11.1 Å². The molecule has 0 radical (unpaired) electrons. The van der Waals surface area contributed by atoms with E-state index in [0.29, 0.717) is 18.1 Å². The highest BCUT2D eigenvalue weighted by Gasteiger charge is 2.35. The Morgan fingerprint density at radius 3 is 2.48 bits per heavy atom. The van der Waals surface area contributed by atoms with Crippen LogP contribution < -0.4 is 19.5 Å². The molecule has 7 nitrogen and oxygen atoms in total. The molecule has 1 N–H and O–H groups in total. The predicted octanol–water partition coefficient (Wildman–Crippen LogP) is 7.76. The molecule has 2 heterocycles. The van der Waals surface area contributed by atoms with Gasteiger partial charge in [-0.15, -0.1) is 0 Å². The summed E-state index contributed by atoms with van der Waals surface area (Å²) in [6.45, 7) is 11.3. The Kier molecular flexibility index (Phi) is 9.11. The van der Waals surface area contributed by atoms with Crippen molar-refractivity contribution in [1.82, 2.24) is 10.2 Å². The fourth-order valence-electron chi connectivity index (χ4n) is 6.30. The van der Waals surface area contributed by atoms with Gasteiger partial charge in [-0.25, -0.2) is 0 Å². The van der Waals surface area contributed by atoms with Crippen molar-refractivity contribution in [1.29, 1.82) is 0 Å². The number of amides is 2. The third-order valence-corrected chi connectivity index (χ3v) is 9.72. The van der Waals surface area contributed by atoms with Crippen LogP contribution in [0.3, 0.4) is 0 Å². The minimum absolute atomic E-state index is 0.307. The van der Waals surface area contributed by atoms with Crippen LogP contribution in [0.15, 0.2) is 71.6 Å². The first kappa shape index (κ1) is 31.7. The number of ether oxygens (including phenoxy) is 3. The topological polar surface area (TPSA) is 77.1 Å². The van der Waals surface area contributed by atoms with Crippen molar-refractivity contribution < 1.29 is 23.8 Å². The zero-order valence-corrected chi connectivity index (χ0v) is 27.9. The second kappa shape index (κ2) is 13.2. The molecule has 1 saturated heterocycles. The summed E-state index contributed by atoms with van der Waals surface area (Å²) < 4.78 is 19.3. The van der Waals surface area contributed by atoms with E-state index >= 15 is 0 Å². The van der Waals surface area contributed by atoms with E-state index in [2.05, 4.69) is 57.1 Å². The zero-order valence-electron chi connectivity index (χ0n) is 27.1. The molecule has 0 aliphatic carbocycles. The highest BCUT2D eigenvalue weighted by Crippen LogP contribution is 2.44. The lowest BCUT2D eigenvalue weighted by atomic mass is 9.87. The molecule has 8 heteroatoms.